The number of nitrogens with zero attached hydrogens (tertiary/aromatic N) is 2. The minimum Gasteiger partial charge on any atom is -0.444 e. The van der Waals surface area contributed by atoms with Gasteiger partial charge in [-0.05, 0) is 68.7 Å². The van der Waals surface area contributed by atoms with Gasteiger partial charge < -0.3 is 14.6 Å². The van der Waals surface area contributed by atoms with Gasteiger partial charge in [-0.1, -0.05) is 12.1 Å². The van der Waals surface area contributed by atoms with E-state index in [0.717, 1.165) is 29.0 Å². The van der Waals surface area contributed by atoms with E-state index in [1.165, 1.54) is 12.1 Å². The Morgan fingerprint density at radius 1 is 1.18 bits per heavy atom. The van der Waals surface area contributed by atoms with Crippen LogP contribution < -0.4 is 0 Å². The summed E-state index contributed by atoms with van der Waals surface area (Å²) in [6.45, 7) is 6.55. The average molecular weight is 472 g/mol. The quantitative estimate of drug-likeness (QED) is 0.593. The molecule has 0 saturated carbocycles. The molecule has 4 rings (SSSR count). The number of imidazole rings is 1. The van der Waals surface area contributed by atoms with Crippen molar-refractivity contribution in [3.63, 3.8) is 0 Å². The molecule has 0 saturated heterocycles. The second-order valence-electron chi connectivity index (χ2n) is 9.14. The highest BCUT2D eigenvalue weighted by Gasteiger charge is 2.24. The highest BCUT2D eigenvalue weighted by molar-refractivity contribution is 7.90. The van der Waals surface area contributed by atoms with Gasteiger partial charge in [-0.2, -0.15) is 0 Å². The summed E-state index contributed by atoms with van der Waals surface area (Å²) in [7, 11) is -3.49. The van der Waals surface area contributed by atoms with Gasteiger partial charge in [0.2, 0.25) is 0 Å². The number of ether oxygens (including phenoxy) is 1. The molecule has 2 aromatic carbocycles. The molecule has 2 heterocycles. The van der Waals surface area contributed by atoms with Crippen molar-refractivity contribution in [1.29, 1.82) is 0 Å². The third kappa shape index (κ3) is 5.08. The van der Waals surface area contributed by atoms with E-state index >= 15 is 0 Å². The van der Waals surface area contributed by atoms with E-state index in [2.05, 4.69) is 9.97 Å². The van der Waals surface area contributed by atoms with E-state index in [1.807, 2.05) is 45.0 Å². The van der Waals surface area contributed by atoms with Gasteiger partial charge in [-0.3, -0.25) is 0 Å². The number of fused-ring (bicyclic) bond motifs is 1. The summed E-state index contributed by atoms with van der Waals surface area (Å²) >= 11 is 0. The predicted molar refractivity (Wildman–Crippen MR) is 125 cm³/mol. The molecule has 0 bridgehead atoms. The number of hydrogen-bond acceptors (Lipinski definition) is 5. The Hall–Kier alpha value is -3.20. The number of carbonyl (C=O) groups is 1. The van der Waals surface area contributed by atoms with Crippen molar-refractivity contribution >= 4 is 32.5 Å². The molecule has 3 aromatic rings. The largest absolute Gasteiger partial charge is 0.444 e. The molecule has 0 aliphatic carbocycles. The van der Waals surface area contributed by atoms with E-state index in [1.54, 1.807) is 4.90 Å². The van der Waals surface area contributed by atoms with Crippen molar-refractivity contribution in [3.8, 4) is 11.4 Å². The minimum absolute atomic E-state index is 0.0770. The number of sulfone groups is 1. The van der Waals surface area contributed by atoms with Crippen molar-refractivity contribution in [2.75, 3.05) is 19.3 Å². The van der Waals surface area contributed by atoms with Crippen LogP contribution in [0.1, 0.15) is 32.8 Å². The molecular weight excluding hydrogens is 445 g/mol. The lowest BCUT2D eigenvalue weighted by Crippen LogP contribution is -2.39. The van der Waals surface area contributed by atoms with Crippen LogP contribution in [0.25, 0.3) is 28.0 Å². The number of aromatic amines is 1. The number of carbonyl (C=O) groups excluding carboxylic acids is 1. The first-order chi connectivity index (χ1) is 15.4. The van der Waals surface area contributed by atoms with E-state index < -0.39 is 21.3 Å². The van der Waals surface area contributed by atoms with Gasteiger partial charge >= 0.3 is 6.09 Å². The number of nitrogens with one attached hydrogen (secondary N) is 1. The number of amides is 1. The molecule has 33 heavy (non-hydrogen) atoms. The van der Waals surface area contributed by atoms with Crippen LogP contribution in [-0.4, -0.2) is 54.3 Å². The summed E-state index contributed by atoms with van der Waals surface area (Å²) in [5.74, 6) is -0.331. The maximum absolute atomic E-state index is 14.6. The molecule has 1 N–H and O–H groups in total. The zero-order chi connectivity index (χ0) is 24.0. The number of H-pyrrole nitrogens is 1. The highest BCUT2D eigenvalue weighted by atomic mass is 32.2. The van der Waals surface area contributed by atoms with Crippen molar-refractivity contribution < 1.29 is 22.3 Å². The minimum atomic E-state index is -3.49. The monoisotopic (exact) mass is 471 g/mol. The van der Waals surface area contributed by atoms with Gasteiger partial charge in [0.25, 0.3) is 0 Å². The zero-order valence-electron chi connectivity index (χ0n) is 19.0. The van der Waals surface area contributed by atoms with Gasteiger partial charge in [0.15, 0.2) is 9.84 Å². The molecular formula is C24H26FN3O4S. The topological polar surface area (TPSA) is 92.4 Å². The maximum Gasteiger partial charge on any atom is 0.410 e. The molecule has 0 unspecified atom stereocenters. The average Bonchev–Trinajstić information content (AvgIpc) is 3.15. The maximum atomic E-state index is 14.6. The first-order valence-electron chi connectivity index (χ1n) is 10.6. The van der Waals surface area contributed by atoms with Crippen LogP contribution in [0.5, 0.6) is 0 Å². The molecule has 9 heteroatoms. The first-order valence-corrected chi connectivity index (χ1v) is 12.5. The highest BCUT2D eigenvalue weighted by Crippen LogP contribution is 2.29. The number of aromatic nitrogens is 2. The van der Waals surface area contributed by atoms with Crippen LogP contribution in [-0.2, 0) is 14.6 Å². The third-order valence-electron chi connectivity index (χ3n) is 5.34. The van der Waals surface area contributed by atoms with Gasteiger partial charge in [-0.15, -0.1) is 0 Å². The lowest BCUT2D eigenvalue weighted by molar-refractivity contribution is 0.0270. The Morgan fingerprint density at radius 2 is 1.94 bits per heavy atom. The Morgan fingerprint density at radius 3 is 2.55 bits per heavy atom. The summed E-state index contributed by atoms with van der Waals surface area (Å²) in [5, 5.41) is 0. The van der Waals surface area contributed by atoms with Crippen LogP contribution >= 0.6 is 0 Å². The number of hydrogen-bond donors (Lipinski definition) is 1. The lowest BCUT2D eigenvalue weighted by Gasteiger charge is -2.29. The zero-order valence-corrected chi connectivity index (χ0v) is 19.8. The summed E-state index contributed by atoms with van der Waals surface area (Å²) in [5.41, 5.74) is 3.16. The summed E-state index contributed by atoms with van der Waals surface area (Å²) in [6.07, 6.45) is 3.40. The predicted octanol–water partition coefficient (Wildman–Crippen LogP) is 4.80. The Labute approximate surface area is 192 Å². The summed E-state index contributed by atoms with van der Waals surface area (Å²) < 4.78 is 43.3. The smallest absolute Gasteiger partial charge is 0.410 e. The van der Waals surface area contributed by atoms with Crippen molar-refractivity contribution in [2.45, 2.75) is 37.7 Å². The second-order valence-corrected chi connectivity index (χ2v) is 11.2. The molecule has 1 aliphatic heterocycles. The van der Waals surface area contributed by atoms with E-state index in [-0.39, 0.29) is 16.6 Å². The molecule has 0 radical (unpaired) electrons. The Bertz CT molecular complexity index is 1370. The normalized spacial score (nSPS) is 14.9. The van der Waals surface area contributed by atoms with Crippen molar-refractivity contribution in [1.82, 2.24) is 14.9 Å². The van der Waals surface area contributed by atoms with Gasteiger partial charge in [0.05, 0.1) is 21.5 Å². The standard InChI is InChI=1S/C24H26FN3O4S/c1-24(2,3)32-23(29)28-11-9-15(10-12-28)16-5-8-20-21(13-16)27-22(26-20)18-7-6-17(14-19(18)25)33(4,30)31/h5-9,13-14H,10-12H2,1-4H3,(H,26,27). The molecule has 0 atom stereocenters. The molecule has 1 aliphatic rings. The van der Waals surface area contributed by atoms with Gasteiger partial charge in [0.1, 0.15) is 17.2 Å². The Balaban J connectivity index is 1.56. The number of benzene rings is 2. The van der Waals surface area contributed by atoms with E-state index in [9.17, 15) is 17.6 Å². The molecule has 0 spiro atoms. The molecule has 174 valence electrons. The van der Waals surface area contributed by atoms with E-state index in [0.29, 0.717) is 30.9 Å². The number of rotatable bonds is 3. The second kappa shape index (κ2) is 8.30. The van der Waals surface area contributed by atoms with Crippen LogP contribution in [0, 0.1) is 5.82 Å². The molecule has 7 nitrogen and oxygen atoms in total. The van der Waals surface area contributed by atoms with E-state index in [4.69, 9.17) is 4.74 Å². The van der Waals surface area contributed by atoms with Gasteiger partial charge in [-0.25, -0.2) is 22.6 Å². The molecule has 1 amide bonds. The van der Waals surface area contributed by atoms with Crippen LogP contribution in [0.15, 0.2) is 47.4 Å². The number of halogens is 1. The summed E-state index contributed by atoms with van der Waals surface area (Å²) in [4.78, 5) is 21.5. The van der Waals surface area contributed by atoms with Crippen LogP contribution in [0.3, 0.4) is 0 Å². The third-order valence-corrected chi connectivity index (χ3v) is 6.45. The van der Waals surface area contributed by atoms with Crippen LogP contribution in [0.2, 0.25) is 0 Å². The van der Waals surface area contributed by atoms with Crippen LogP contribution in [0.4, 0.5) is 9.18 Å². The lowest BCUT2D eigenvalue weighted by atomic mass is 9.99. The van der Waals surface area contributed by atoms with Crippen molar-refractivity contribution in [2.24, 2.45) is 0 Å². The fourth-order valence-electron chi connectivity index (χ4n) is 3.68. The fourth-order valence-corrected chi connectivity index (χ4v) is 4.31. The summed E-state index contributed by atoms with van der Waals surface area (Å²) in [6, 6.07) is 9.56. The fraction of sp³-hybridized carbons (Fsp3) is 0.333. The van der Waals surface area contributed by atoms with Crippen molar-refractivity contribution in [3.05, 3.63) is 53.9 Å². The first kappa shape index (κ1) is 23.0. The molecule has 0 fully saturated rings. The SMILES string of the molecule is CC(C)(C)OC(=O)N1CC=C(c2ccc3[nH]c(-c4ccc(S(C)(=O)=O)cc4F)nc3c2)CC1. The van der Waals surface area contributed by atoms with Gasteiger partial charge in [0, 0.05) is 19.3 Å². The Kier molecular flexibility index (Phi) is 5.78. The molecule has 1 aromatic heterocycles.